The number of anilines is 1. The number of rotatable bonds is 4. The maximum atomic E-state index is 14.9. The second-order valence-electron chi connectivity index (χ2n) is 10.2. The van der Waals surface area contributed by atoms with E-state index in [2.05, 4.69) is 10.2 Å². The molecule has 7 rings (SSSR count). The summed E-state index contributed by atoms with van der Waals surface area (Å²) in [6, 6.07) is 17.7. The number of nitrogens with zero attached hydrogens (tertiary/aromatic N) is 1. The van der Waals surface area contributed by atoms with Gasteiger partial charge >= 0.3 is 0 Å². The van der Waals surface area contributed by atoms with Crippen LogP contribution in [0, 0.1) is 5.41 Å². The summed E-state index contributed by atoms with van der Waals surface area (Å²) in [6.45, 7) is 0. The van der Waals surface area contributed by atoms with Gasteiger partial charge in [0.1, 0.15) is 5.41 Å². The Morgan fingerprint density at radius 3 is 2.10 bits per heavy atom. The highest BCUT2D eigenvalue weighted by molar-refractivity contribution is 7.99. The summed E-state index contributed by atoms with van der Waals surface area (Å²) in [5, 5.41) is 3.03. The third-order valence-electron chi connectivity index (χ3n) is 8.84. The van der Waals surface area contributed by atoms with E-state index in [1.165, 1.54) is 21.3 Å². The van der Waals surface area contributed by atoms with E-state index in [4.69, 9.17) is 14.2 Å². The molecule has 0 radical (unpaired) electrons. The van der Waals surface area contributed by atoms with Crippen LogP contribution in [-0.2, 0) is 10.3 Å². The second-order valence-corrected chi connectivity index (χ2v) is 11.2. The Morgan fingerprint density at radius 2 is 1.49 bits per heavy atom. The molecule has 3 aromatic carbocycles. The molecule has 0 aromatic heterocycles. The van der Waals surface area contributed by atoms with Crippen LogP contribution in [0.15, 0.2) is 60.7 Å². The molecule has 9 heteroatoms. The Labute approximate surface area is 229 Å². The van der Waals surface area contributed by atoms with Crippen LogP contribution in [0.25, 0.3) is 0 Å². The molecule has 0 bridgehead atoms. The molecule has 2 spiro atoms. The number of nitrogens with one attached hydrogen (secondary N) is 1. The van der Waals surface area contributed by atoms with Gasteiger partial charge in [0.25, 0.3) is 5.91 Å². The van der Waals surface area contributed by atoms with E-state index >= 15 is 0 Å². The molecule has 3 atom stereocenters. The highest BCUT2D eigenvalue weighted by atomic mass is 32.2. The van der Waals surface area contributed by atoms with Gasteiger partial charge in [-0.15, -0.1) is 11.8 Å². The minimum Gasteiger partial charge on any atom is -0.493 e. The first-order valence-corrected chi connectivity index (χ1v) is 13.9. The van der Waals surface area contributed by atoms with Crippen molar-refractivity contribution < 1.29 is 28.6 Å². The number of hydrogen-bond acceptors (Lipinski definition) is 8. The Hall–Kier alpha value is -3.82. The number of carbonyl (C=O) groups excluding carboxylic acids is 3. The van der Waals surface area contributed by atoms with Crippen LogP contribution in [0.1, 0.15) is 37.8 Å². The van der Waals surface area contributed by atoms with Gasteiger partial charge in [-0.2, -0.15) is 0 Å². The third kappa shape index (κ3) is 2.67. The number of ether oxygens (including phenoxy) is 3. The molecular weight excluding hydrogens is 516 g/mol. The molecule has 0 unspecified atom stereocenters. The SMILES string of the molecule is COc1cc([C@H]2[C@@H]3CSCN3[C@@]3(C(=O)Nc4ccccc43)C23C(=O)c2ccccc2C3=O)cc(OC)c1OC. The average molecular weight is 543 g/mol. The van der Waals surface area contributed by atoms with E-state index in [1.807, 2.05) is 36.4 Å². The summed E-state index contributed by atoms with van der Waals surface area (Å²) in [7, 11) is 4.60. The van der Waals surface area contributed by atoms with Crippen molar-refractivity contribution in [3.8, 4) is 17.2 Å². The summed E-state index contributed by atoms with van der Waals surface area (Å²) in [5.74, 6) is 0.758. The van der Waals surface area contributed by atoms with Crippen molar-refractivity contribution in [2.45, 2.75) is 17.5 Å². The average Bonchev–Trinajstić information content (AvgIpc) is 3.67. The van der Waals surface area contributed by atoms with Gasteiger partial charge in [0.15, 0.2) is 28.6 Å². The first-order chi connectivity index (χ1) is 19.0. The molecule has 0 saturated carbocycles. The highest BCUT2D eigenvalue weighted by Gasteiger charge is 2.82. The molecule has 2 saturated heterocycles. The lowest BCUT2D eigenvalue weighted by molar-refractivity contribution is -0.129. The standard InChI is InChI=1S/C30H26N2O6S/c1-36-22-12-16(13-23(37-2)25(22)38-3)24-21-14-39-15-32(21)30(19-10-6-7-11-20(19)31-28(30)35)29(24)26(33)17-8-4-5-9-18(17)27(29)34/h4-13,21,24H,14-15H2,1-3H3,(H,31,35)/t21-,24-,30-/m0/s1. The van der Waals surface area contributed by atoms with E-state index in [9.17, 15) is 14.4 Å². The van der Waals surface area contributed by atoms with E-state index in [-0.39, 0.29) is 23.5 Å². The van der Waals surface area contributed by atoms with Crippen molar-refractivity contribution in [2.75, 3.05) is 38.3 Å². The molecule has 39 heavy (non-hydrogen) atoms. The number of thioether (sulfide) groups is 1. The predicted molar refractivity (Wildman–Crippen MR) is 146 cm³/mol. The van der Waals surface area contributed by atoms with Crippen LogP contribution in [-0.4, -0.2) is 61.4 Å². The number of benzene rings is 3. The van der Waals surface area contributed by atoms with E-state index in [0.29, 0.717) is 56.8 Å². The van der Waals surface area contributed by atoms with Crippen LogP contribution >= 0.6 is 11.8 Å². The fraction of sp³-hybridized carbons (Fsp3) is 0.300. The van der Waals surface area contributed by atoms with Gasteiger partial charge in [0.05, 0.1) is 21.3 Å². The highest BCUT2D eigenvalue weighted by Crippen LogP contribution is 2.70. The Kier molecular flexibility index (Phi) is 5.18. The molecule has 3 heterocycles. The smallest absolute Gasteiger partial charge is 0.251 e. The first kappa shape index (κ1) is 24.2. The largest absolute Gasteiger partial charge is 0.493 e. The monoisotopic (exact) mass is 542 g/mol. The summed E-state index contributed by atoms with van der Waals surface area (Å²) in [6.07, 6.45) is 0. The minimum atomic E-state index is -1.73. The van der Waals surface area contributed by atoms with Crippen LogP contribution in [0.2, 0.25) is 0 Å². The fourth-order valence-electron chi connectivity index (χ4n) is 7.51. The molecule has 2 fully saturated rings. The zero-order chi connectivity index (χ0) is 27.1. The zero-order valence-electron chi connectivity index (χ0n) is 21.6. The molecule has 198 valence electrons. The molecule has 1 aliphatic carbocycles. The van der Waals surface area contributed by atoms with Crippen molar-refractivity contribution in [2.24, 2.45) is 5.41 Å². The Balaban J connectivity index is 1.61. The van der Waals surface area contributed by atoms with Crippen molar-refractivity contribution in [1.29, 1.82) is 0 Å². The fourth-order valence-corrected chi connectivity index (χ4v) is 8.81. The number of amides is 1. The molecule has 3 aromatic rings. The van der Waals surface area contributed by atoms with Gasteiger partial charge in [0.2, 0.25) is 5.75 Å². The van der Waals surface area contributed by atoms with Crippen LogP contribution in [0.4, 0.5) is 5.69 Å². The lowest BCUT2D eigenvalue weighted by Crippen LogP contribution is -2.60. The summed E-state index contributed by atoms with van der Waals surface area (Å²) in [5.41, 5.74) is -0.576. The Bertz CT molecular complexity index is 1530. The van der Waals surface area contributed by atoms with Crippen molar-refractivity contribution in [1.82, 2.24) is 4.90 Å². The maximum Gasteiger partial charge on any atom is 0.251 e. The van der Waals surface area contributed by atoms with Crippen LogP contribution in [0.3, 0.4) is 0 Å². The van der Waals surface area contributed by atoms with Gasteiger partial charge in [-0.25, -0.2) is 0 Å². The lowest BCUT2D eigenvalue weighted by atomic mass is 9.57. The number of hydrogen-bond donors (Lipinski definition) is 1. The normalized spacial score (nSPS) is 26.1. The van der Waals surface area contributed by atoms with Crippen LogP contribution < -0.4 is 19.5 Å². The zero-order valence-corrected chi connectivity index (χ0v) is 22.5. The number of Topliss-reactive ketones (excluding diaryl/α,β-unsaturated/α-hetero) is 2. The second kappa shape index (κ2) is 8.34. The van der Waals surface area contributed by atoms with Gasteiger partial charge in [-0.3, -0.25) is 19.3 Å². The summed E-state index contributed by atoms with van der Waals surface area (Å²) >= 11 is 1.69. The summed E-state index contributed by atoms with van der Waals surface area (Å²) in [4.78, 5) is 46.2. The molecule has 1 N–H and O–H groups in total. The minimum absolute atomic E-state index is 0.281. The van der Waals surface area contributed by atoms with Crippen molar-refractivity contribution >= 4 is 34.9 Å². The number of methoxy groups -OCH3 is 3. The number of ketones is 2. The van der Waals surface area contributed by atoms with Gasteiger partial charge in [-0.05, 0) is 23.8 Å². The molecule has 4 aliphatic rings. The maximum absolute atomic E-state index is 14.9. The Morgan fingerprint density at radius 1 is 0.872 bits per heavy atom. The van der Waals surface area contributed by atoms with Gasteiger partial charge < -0.3 is 19.5 Å². The topological polar surface area (TPSA) is 94.2 Å². The first-order valence-electron chi connectivity index (χ1n) is 12.7. The molecular formula is C30H26N2O6S. The number of fused-ring (bicyclic) bond motifs is 6. The number of carbonyl (C=O) groups is 3. The van der Waals surface area contributed by atoms with Gasteiger partial charge in [0, 0.05) is 46.0 Å². The van der Waals surface area contributed by atoms with E-state index in [1.54, 1.807) is 36.0 Å². The summed E-state index contributed by atoms with van der Waals surface area (Å²) < 4.78 is 16.9. The molecule has 3 aliphatic heterocycles. The van der Waals surface area contributed by atoms with Gasteiger partial charge in [-0.1, -0.05) is 42.5 Å². The van der Waals surface area contributed by atoms with Crippen molar-refractivity contribution in [3.63, 3.8) is 0 Å². The van der Waals surface area contributed by atoms with E-state index in [0.717, 1.165) is 0 Å². The lowest BCUT2D eigenvalue weighted by Gasteiger charge is -2.42. The molecule has 1 amide bonds. The predicted octanol–water partition coefficient (Wildman–Crippen LogP) is 4.10. The molecule has 8 nitrogen and oxygen atoms in total. The quantitative estimate of drug-likeness (QED) is 0.493. The van der Waals surface area contributed by atoms with Crippen molar-refractivity contribution in [3.05, 3.63) is 82.9 Å². The third-order valence-corrected chi connectivity index (χ3v) is 9.88. The van der Waals surface area contributed by atoms with Crippen LogP contribution in [0.5, 0.6) is 17.2 Å². The van der Waals surface area contributed by atoms with E-state index < -0.39 is 16.9 Å². The number of para-hydroxylation sites is 1.